The second kappa shape index (κ2) is 6.52. The molecule has 0 aliphatic heterocycles. The Kier molecular flexibility index (Phi) is 4.06. The molecule has 0 amide bonds. The second-order valence-electron chi connectivity index (χ2n) is 6.47. The van der Waals surface area contributed by atoms with Crippen molar-refractivity contribution in [3.8, 4) is 6.07 Å². The topological polar surface area (TPSA) is 87.6 Å². The van der Waals surface area contributed by atoms with Crippen LogP contribution in [0.1, 0.15) is 48.9 Å². The number of rotatable bonds is 4. The first-order valence-corrected chi connectivity index (χ1v) is 8.60. The molecule has 1 fully saturated rings. The van der Waals surface area contributed by atoms with E-state index in [1.165, 1.54) is 12.8 Å². The quantitative estimate of drug-likeness (QED) is 0.778. The molecule has 2 aromatic heterocycles. The number of benzene rings is 1. The summed E-state index contributed by atoms with van der Waals surface area (Å²) in [4.78, 5) is 13.5. The van der Waals surface area contributed by atoms with Crippen molar-refractivity contribution in [1.82, 2.24) is 15.0 Å². The molecule has 1 atom stereocenters. The zero-order chi connectivity index (χ0) is 17.2. The van der Waals surface area contributed by atoms with Crippen LogP contribution in [0.25, 0.3) is 11.1 Å². The average molecular weight is 333 g/mol. The molecule has 1 unspecified atom stereocenters. The Morgan fingerprint density at radius 3 is 2.76 bits per heavy atom. The minimum Gasteiger partial charge on any atom is -0.439 e. The first-order chi connectivity index (χ1) is 12.2. The normalized spacial score (nSPS) is 16.0. The highest BCUT2D eigenvalue weighted by Crippen LogP contribution is 2.27. The van der Waals surface area contributed by atoms with Crippen LogP contribution in [0.2, 0.25) is 0 Å². The summed E-state index contributed by atoms with van der Waals surface area (Å²) in [5.41, 5.74) is 2.85. The van der Waals surface area contributed by atoms with Gasteiger partial charge in [0, 0.05) is 11.7 Å². The smallest absolute Gasteiger partial charge is 0.223 e. The van der Waals surface area contributed by atoms with Crippen molar-refractivity contribution in [1.29, 1.82) is 5.26 Å². The number of hydrogen-bond acceptors (Lipinski definition) is 6. The fourth-order valence-electron chi connectivity index (χ4n) is 3.32. The lowest BCUT2D eigenvalue weighted by atomic mass is 10.1. The van der Waals surface area contributed by atoms with E-state index in [-0.39, 0.29) is 0 Å². The van der Waals surface area contributed by atoms with E-state index in [0.29, 0.717) is 29.2 Å². The van der Waals surface area contributed by atoms with E-state index in [9.17, 15) is 5.26 Å². The summed E-state index contributed by atoms with van der Waals surface area (Å²) in [6.07, 6.45) is 4.75. The Hall–Kier alpha value is -2.94. The Labute approximate surface area is 145 Å². The summed E-state index contributed by atoms with van der Waals surface area (Å²) >= 11 is 0. The number of aryl methyl sites for hydroxylation is 1. The van der Waals surface area contributed by atoms with Crippen LogP contribution in [0, 0.1) is 18.3 Å². The molecule has 1 N–H and O–H groups in total. The monoisotopic (exact) mass is 333 g/mol. The third-order valence-corrected chi connectivity index (χ3v) is 4.54. The van der Waals surface area contributed by atoms with Gasteiger partial charge in [0.25, 0.3) is 0 Å². The number of fused-ring (bicyclic) bond motifs is 1. The molecule has 0 spiro atoms. The number of oxazole rings is 1. The van der Waals surface area contributed by atoms with Gasteiger partial charge in [-0.1, -0.05) is 25.0 Å². The molecule has 0 bridgehead atoms. The van der Waals surface area contributed by atoms with E-state index in [1.54, 1.807) is 0 Å². The largest absolute Gasteiger partial charge is 0.439 e. The van der Waals surface area contributed by atoms with E-state index < -0.39 is 5.92 Å². The summed E-state index contributed by atoms with van der Waals surface area (Å²) < 4.78 is 5.77. The Morgan fingerprint density at radius 1 is 1.20 bits per heavy atom. The highest BCUT2D eigenvalue weighted by molar-refractivity contribution is 5.72. The van der Waals surface area contributed by atoms with Crippen LogP contribution in [0.3, 0.4) is 0 Å². The SMILES string of the molecule is Cc1cc(C(C#N)c2nc3ccccc3o2)nc(NC2CCCC2)n1. The molecule has 25 heavy (non-hydrogen) atoms. The fraction of sp³-hybridized carbons (Fsp3) is 0.368. The highest BCUT2D eigenvalue weighted by atomic mass is 16.3. The maximum Gasteiger partial charge on any atom is 0.223 e. The van der Waals surface area contributed by atoms with Crippen molar-refractivity contribution < 1.29 is 4.42 Å². The third kappa shape index (κ3) is 3.18. The molecule has 6 nitrogen and oxygen atoms in total. The van der Waals surface area contributed by atoms with E-state index in [4.69, 9.17) is 4.42 Å². The highest BCUT2D eigenvalue weighted by Gasteiger charge is 2.23. The third-order valence-electron chi connectivity index (χ3n) is 4.54. The van der Waals surface area contributed by atoms with Gasteiger partial charge in [-0.25, -0.2) is 15.0 Å². The van der Waals surface area contributed by atoms with Crippen LogP contribution < -0.4 is 5.32 Å². The van der Waals surface area contributed by atoms with Gasteiger partial charge in [0.1, 0.15) is 5.52 Å². The molecule has 3 aromatic rings. The molecule has 0 radical (unpaired) electrons. The molecule has 6 heteroatoms. The van der Waals surface area contributed by atoms with E-state index in [1.807, 2.05) is 37.3 Å². The number of anilines is 1. The Bertz CT molecular complexity index is 903. The zero-order valence-electron chi connectivity index (χ0n) is 14.1. The molecule has 0 saturated heterocycles. The van der Waals surface area contributed by atoms with Gasteiger partial charge < -0.3 is 9.73 Å². The van der Waals surface area contributed by atoms with Gasteiger partial charge in [0.2, 0.25) is 11.8 Å². The lowest BCUT2D eigenvalue weighted by Gasteiger charge is -2.14. The van der Waals surface area contributed by atoms with E-state index in [2.05, 4.69) is 26.3 Å². The molecular formula is C19H19N5O. The minimum absolute atomic E-state index is 0.369. The minimum atomic E-state index is -0.654. The van der Waals surface area contributed by atoms with Crippen LogP contribution in [0.15, 0.2) is 34.7 Å². The first-order valence-electron chi connectivity index (χ1n) is 8.60. The summed E-state index contributed by atoms with van der Waals surface area (Å²) in [6, 6.07) is 12.0. The van der Waals surface area contributed by atoms with Crippen LogP contribution in [-0.2, 0) is 0 Å². The zero-order valence-corrected chi connectivity index (χ0v) is 14.1. The number of nitrogens with zero attached hydrogens (tertiary/aromatic N) is 4. The molecule has 4 rings (SSSR count). The van der Waals surface area contributed by atoms with Gasteiger partial charge >= 0.3 is 0 Å². The van der Waals surface area contributed by atoms with Crippen LogP contribution in [-0.4, -0.2) is 21.0 Å². The standard InChI is InChI=1S/C19H19N5O/c1-12-10-16(24-19(21-12)22-13-6-2-3-7-13)14(11-20)18-23-15-8-4-5-9-17(15)25-18/h4-5,8-10,13-14H,2-3,6-7H2,1H3,(H,21,22,24). The van der Waals surface area contributed by atoms with Gasteiger partial charge in [0.05, 0.1) is 11.8 Å². The van der Waals surface area contributed by atoms with Gasteiger partial charge in [0.15, 0.2) is 11.5 Å². The number of para-hydroxylation sites is 2. The number of aromatic nitrogens is 3. The van der Waals surface area contributed by atoms with E-state index in [0.717, 1.165) is 24.1 Å². The molecular weight excluding hydrogens is 314 g/mol. The molecule has 1 aliphatic carbocycles. The Balaban J connectivity index is 1.68. The summed E-state index contributed by atoms with van der Waals surface area (Å²) in [7, 11) is 0. The summed E-state index contributed by atoms with van der Waals surface area (Å²) in [5.74, 6) is 0.296. The van der Waals surface area contributed by atoms with Crippen molar-refractivity contribution >= 4 is 17.0 Å². The lowest BCUT2D eigenvalue weighted by Crippen LogP contribution is -2.18. The van der Waals surface area contributed by atoms with Crippen molar-refractivity contribution in [3.63, 3.8) is 0 Å². The maximum atomic E-state index is 9.69. The predicted octanol–water partition coefficient (Wildman–Crippen LogP) is 3.94. The molecule has 126 valence electrons. The van der Waals surface area contributed by atoms with Crippen molar-refractivity contribution in [2.75, 3.05) is 5.32 Å². The fourth-order valence-corrected chi connectivity index (χ4v) is 3.32. The average Bonchev–Trinajstić information content (AvgIpc) is 3.24. The van der Waals surface area contributed by atoms with E-state index >= 15 is 0 Å². The summed E-state index contributed by atoms with van der Waals surface area (Å²) in [5, 5.41) is 13.1. The predicted molar refractivity (Wildman–Crippen MR) is 94.1 cm³/mol. The number of nitriles is 1. The van der Waals surface area contributed by atoms with Gasteiger partial charge in [-0.2, -0.15) is 5.26 Å². The molecule has 2 heterocycles. The Morgan fingerprint density at radius 2 is 2.00 bits per heavy atom. The first kappa shape index (κ1) is 15.6. The molecule has 1 aromatic carbocycles. The van der Waals surface area contributed by atoms with Crippen molar-refractivity contribution in [2.45, 2.75) is 44.6 Å². The van der Waals surface area contributed by atoms with Crippen LogP contribution in [0.5, 0.6) is 0 Å². The summed E-state index contributed by atoms with van der Waals surface area (Å²) in [6.45, 7) is 1.91. The second-order valence-corrected chi connectivity index (χ2v) is 6.47. The maximum absolute atomic E-state index is 9.69. The van der Waals surface area contributed by atoms with Crippen LogP contribution >= 0.6 is 0 Å². The van der Waals surface area contributed by atoms with Crippen molar-refractivity contribution in [2.24, 2.45) is 0 Å². The van der Waals surface area contributed by atoms with Crippen molar-refractivity contribution in [3.05, 3.63) is 47.6 Å². The van der Waals surface area contributed by atoms with Crippen LogP contribution in [0.4, 0.5) is 5.95 Å². The lowest BCUT2D eigenvalue weighted by molar-refractivity contribution is 0.525. The van der Waals surface area contributed by atoms with Gasteiger partial charge in [-0.15, -0.1) is 0 Å². The molecule has 1 aliphatic rings. The van der Waals surface area contributed by atoms with Gasteiger partial charge in [-0.3, -0.25) is 0 Å². The molecule has 1 saturated carbocycles. The number of hydrogen-bond donors (Lipinski definition) is 1. The van der Waals surface area contributed by atoms with Gasteiger partial charge in [-0.05, 0) is 38.0 Å². The number of nitrogens with one attached hydrogen (secondary N) is 1.